The number of hydrogen-bond donors (Lipinski definition) is 2. The van der Waals surface area contributed by atoms with E-state index in [-0.39, 0.29) is 5.91 Å². The normalized spacial score (nSPS) is 9.64. The number of carbonyl (C=O) groups excluding carboxylic acids is 1. The van der Waals surface area contributed by atoms with Crippen molar-refractivity contribution in [2.24, 2.45) is 0 Å². The predicted molar refractivity (Wildman–Crippen MR) is 41.4 cm³/mol. The number of carbonyl (C=O) groups is 1. The molecule has 0 radical (unpaired) electrons. The zero-order chi connectivity index (χ0) is 8.27. The van der Waals surface area contributed by atoms with Crippen molar-refractivity contribution in [3.63, 3.8) is 0 Å². The molecule has 11 heavy (non-hydrogen) atoms. The van der Waals surface area contributed by atoms with Crippen LogP contribution in [-0.4, -0.2) is 22.9 Å². The first kappa shape index (κ1) is 7.78. The fraction of sp³-hybridized carbons (Fsp3) is 0.429. The van der Waals surface area contributed by atoms with Crippen LogP contribution in [0.15, 0.2) is 6.20 Å². The summed E-state index contributed by atoms with van der Waals surface area (Å²) in [6.07, 6.45) is 2.58. The van der Waals surface area contributed by atoms with Gasteiger partial charge in [0.2, 0.25) is 0 Å². The highest BCUT2D eigenvalue weighted by molar-refractivity contribution is 5.90. The molecule has 0 spiro atoms. The van der Waals surface area contributed by atoms with Gasteiger partial charge in [0.1, 0.15) is 0 Å². The smallest absolute Gasteiger partial charge is 0.286 e. The maximum atomic E-state index is 10.9. The number of rotatable bonds is 2. The summed E-state index contributed by atoms with van der Waals surface area (Å²) in [7, 11) is 1.58. The minimum Gasteiger partial charge on any atom is -0.352 e. The summed E-state index contributed by atoms with van der Waals surface area (Å²) in [5.41, 5.74) is 0.906. The highest BCUT2D eigenvalue weighted by Gasteiger charge is 2.06. The first-order valence-electron chi connectivity index (χ1n) is 3.54. The number of imidazole rings is 1. The molecular weight excluding hydrogens is 142 g/mol. The second-order valence-electron chi connectivity index (χ2n) is 2.17. The van der Waals surface area contributed by atoms with E-state index in [0.717, 1.165) is 12.1 Å². The van der Waals surface area contributed by atoms with E-state index in [1.54, 1.807) is 13.2 Å². The lowest BCUT2D eigenvalue weighted by molar-refractivity contribution is 0.0953. The molecule has 0 unspecified atom stereocenters. The standard InChI is InChI=1S/C7H11N3O/c1-3-5-4-9-6(10-5)7(11)8-2/h4H,3H2,1-2H3,(H,8,11)(H,9,10). The molecule has 0 bridgehead atoms. The van der Waals surface area contributed by atoms with Crippen molar-refractivity contribution >= 4 is 5.91 Å². The Balaban J connectivity index is 2.80. The number of nitrogens with zero attached hydrogens (tertiary/aromatic N) is 1. The lowest BCUT2D eigenvalue weighted by Gasteiger charge is -1.91. The van der Waals surface area contributed by atoms with Crippen molar-refractivity contribution in [3.8, 4) is 0 Å². The highest BCUT2D eigenvalue weighted by Crippen LogP contribution is 1.96. The van der Waals surface area contributed by atoms with Gasteiger partial charge in [-0.1, -0.05) is 6.92 Å². The second kappa shape index (κ2) is 3.18. The third-order valence-corrected chi connectivity index (χ3v) is 1.44. The van der Waals surface area contributed by atoms with Gasteiger partial charge in [-0.05, 0) is 6.42 Å². The van der Waals surface area contributed by atoms with E-state index in [2.05, 4.69) is 15.3 Å². The zero-order valence-corrected chi connectivity index (χ0v) is 6.64. The lowest BCUT2D eigenvalue weighted by atomic mass is 10.4. The molecule has 0 saturated carbocycles. The van der Waals surface area contributed by atoms with E-state index >= 15 is 0 Å². The molecule has 1 amide bonds. The number of aryl methyl sites for hydroxylation is 1. The minimum absolute atomic E-state index is 0.176. The van der Waals surface area contributed by atoms with E-state index in [1.807, 2.05) is 6.92 Å². The molecule has 1 aromatic heterocycles. The van der Waals surface area contributed by atoms with Gasteiger partial charge in [0, 0.05) is 13.2 Å². The molecule has 0 aliphatic rings. The summed E-state index contributed by atoms with van der Waals surface area (Å²) in [5.74, 6) is 0.203. The van der Waals surface area contributed by atoms with Crippen molar-refractivity contribution in [1.29, 1.82) is 0 Å². The number of hydrogen-bond acceptors (Lipinski definition) is 2. The van der Waals surface area contributed by atoms with Gasteiger partial charge in [-0.25, -0.2) is 4.98 Å². The van der Waals surface area contributed by atoms with E-state index < -0.39 is 0 Å². The molecule has 4 heteroatoms. The molecule has 0 fully saturated rings. The summed E-state index contributed by atoms with van der Waals surface area (Å²) >= 11 is 0. The molecule has 2 N–H and O–H groups in total. The van der Waals surface area contributed by atoms with Crippen molar-refractivity contribution in [2.75, 3.05) is 7.05 Å². The summed E-state index contributed by atoms with van der Waals surface area (Å²) in [6.45, 7) is 1.99. The summed E-state index contributed by atoms with van der Waals surface area (Å²) < 4.78 is 0. The Morgan fingerprint density at radius 2 is 2.55 bits per heavy atom. The van der Waals surface area contributed by atoms with Crippen molar-refractivity contribution in [1.82, 2.24) is 15.3 Å². The molecule has 60 valence electrons. The van der Waals surface area contributed by atoms with Gasteiger partial charge in [-0.3, -0.25) is 4.79 Å². The number of amides is 1. The molecule has 1 heterocycles. The molecule has 0 atom stereocenters. The summed E-state index contributed by atoms with van der Waals surface area (Å²) in [5, 5.41) is 2.49. The first-order valence-corrected chi connectivity index (χ1v) is 3.54. The Morgan fingerprint density at radius 3 is 3.00 bits per heavy atom. The number of nitrogens with one attached hydrogen (secondary N) is 2. The molecule has 0 aliphatic heterocycles. The molecule has 0 saturated heterocycles. The largest absolute Gasteiger partial charge is 0.352 e. The summed E-state index contributed by atoms with van der Waals surface area (Å²) in [6, 6.07) is 0. The Morgan fingerprint density at radius 1 is 1.82 bits per heavy atom. The fourth-order valence-corrected chi connectivity index (χ4v) is 0.776. The van der Waals surface area contributed by atoms with Gasteiger partial charge in [-0.15, -0.1) is 0 Å². The van der Waals surface area contributed by atoms with Gasteiger partial charge < -0.3 is 10.3 Å². The Labute approximate surface area is 65.0 Å². The zero-order valence-electron chi connectivity index (χ0n) is 6.64. The Bertz CT molecular complexity index is 254. The van der Waals surface area contributed by atoms with E-state index in [4.69, 9.17) is 0 Å². The van der Waals surface area contributed by atoms with Gasteiger partial charge >= 0.3 is 0 Å². The Hall–Kier alpha value is -1.32. The topological polar surface area (TPSA) is 57.8 Å². The van der Waals surface area contributed by atoms with Crippen LogP contribution in [0.25, 0.3) is 0 Å². The van der Waals surface area contributed by atoms with Crippen LogP contribution in [0.3, 0.4) is 0 Å². The van der Waals surface area contributed by atoms with Crippen LogP contribution in [0.5, 0.6) is 0 Å². The highest BCUT2D eigenvalue weighted by atomic mass is 16.2. The predicted octanol–water partition coefficient (Wildman–Crippen LogP) is 0.332. The number of H-pyrrole nitrogens is 1. The van der Waals surface area contributed by atoms with Gasteiger partial charge in [0.25, 0.3) is 5.91 Å². The maximum absolute atomic E-state index is 10.9. The third kappa shape index (κ3) is 1.58. The monoisotopic (exact) mass is 153 g/mol. The first-order chi connectivity index (χ1) is 5.27. The molecule has 0 aliphatic carbocycles. The van der Waals surface area contributed by atoms with Crippen LogP contribution >= 0.6 is 0 Å². The maximum Gasteiger partial charge on any atom is 0.286 e. The Kier molecular flexibility index (Phi) is 2.25. The van der Waals surface area contributed by atoms with Crippen LogP contribution in [0.2, 0.25) is 0 Å². The molecule has 1 aromatic rings. The average Bonchev–Trinajstić information content (AvgIpc) is 2.50. The molecule has 4 nitrogen and oxygen atoms in total. The van der Waals surface area contributed by atoms with Crippen LogP contribution in [0.1, 0.15) is 23.2 Å². The van der Waals surface area contributed by atoms with E-state index in [0.29, 0.717) is 5.82 Å². The van der Waals surface area contributed by atoms with Gasteiger partial charge in [0.15, 0.2) is 5.82 Å². The van der Waals surface area contributed by atoms with Crippen molar-refractivity contribution in [2.45, 2.75) is 13.3 Å². The molecule has 1 rings (SSSR count). The van der Waals surface area contributed by atoms with Crippen LogP contribution in [-0.2, 0) is 6.42 Å². The third-order valence-electron chi connectivity index (χ3n) is 1.44. The lowest BCUT2D eigenvalue weighted by Crippen LogP contribution is -2.19. The van der Waals surface area contributed by atoms with Crippen LogP contribution in [0.4, 0.5) is 0 Å². The molecule has 0 aromatic carbocycles. The minimum atomic E-state index is -0.176. The van der Waals surface area contributed by atoms with E-state index in [1.165, 1.54) is 0 Å². The van der Waals surface area contributed by atoms with Gasteiger partial charge in [-0.2, -0.15) is 0 Å². The summed E-state index contributed by atoms with van der Waals surface area (Å²) in [4.78, 5) is 17.8. The van der Waals surface area contributed by atoms with E-state index in [9.17, 15) is 4.79 Å². The van der Waals surface area contributed by atoms with Crippen LogP contribution < -0.4 is 5.32 Å². The quantitative estimate of drug-likeness (QED) is 0.643. The second-order valence-corrected chi connectivity index (χ2v) is 2.17. The molecular formula is C7H11N3O. The fourth-order valence-electron chi connectivity index (χ4n) is 0.776. The average molecular weight is 153 g/mol. The van der Waals surface area contributed by atoms with Crippen molar-refractivity contribution < 1.29 is 4.79 Å². The van der Waals surface area contributed by atoms with Crippen molar-refractivity contribution in [3.05, 3.63) is 17.7 Å². The number of aromatic nitrogens is 2. The van der Waals surface area contributed by atoms with Gasteiger partial charge in [0.05, 0.1) is 5.69 Å². The number of aromatic amines is 1. The SMILES string of the molecule is CCc1c[nH]c(C(=O)NC)n1. The van der Waals surface area contributed by atoms with Crippen LogP contribution in [0, 0.1) is 0 Å².